The summed E-state index contributed by atoms with van der Waals surface area (Å²) in [5, 5.41) is 11.4. The molecule has 0 saturated carbocycles. The van der Waals surface area contributed by atoms with E-state index >= 15 is 0 Å². The van der Waals surface area contributed by atoms with E-state index in [2.05, 4.69) is 5.32 Å². The van der Waals surface area contributed by atoms with Gasteiger partial charge in [0, 0.05) is 5.54 Å². The summed E-state index contributed by atoms with van der Waals surface area (Å²) in [6.45, 7) is 5.67. The highest BCUT2D eigenvalue weighted by Gasteiger charge is 2.59. The number of hydroxylamine groups is 1. The van der Waals surface area contributed by atoms with Crippen LogP contribution in [0, 0.1) is 11.2 Å². The van der Waals surface area contributed by atoms with E-state index in [0.717, 1.165) is 5.56 Å². The van der Waals surface area contributed by atoms with Crippen molar-refractivity contribution in [3.05, 3.63) is 59.9 Å². The zero-order chi connectivity index (χ0) is 22.9. The van der Waals surface area contributed by atoms with Gasteiger partial charge in [0.1, 0.15) is 18.2 Å². The number of ether oxygens (including phenoxy) is 1. The van der Waals surface area contributed by atoms with Gasteiger partial charge in [-0.25, -0.2) is 18.3 Å². The Hall–Kier alpha value is -2.49. The second-order valence-electron chi connectivity index (χ2n) is 8.40. The lowest BCUT2D eigenvalue weighted by molar-refractivity contribution is -0.144. The number of carbonyl (C=O) groups is 1. The molecule has 168 valence electrons. The van der Waals surface area contributed by atoms with E-state index in [1.54, 1.807) is 50.5 Å². The maximum absolute atomic E-state index is 13.5. The highest BCUT2D eigenvalue weighted by Crippen LogP contribution is 2.44. The van der Waals surface area contributed by atoms with Gasteiger partial charge in [-0.1, -0.05) is 12.1 Å². The molecule has 0 aromatic heterocycles. The Balaban J connectivity index is 1.83. The van der Waals surface area contributed by atoms with Crippen LogP contribution in [-0.4, -0.2) is 36.9 Å². The van der Waals surface area contributed by atoms with Crippen molar-refractivity contribution in [3.8, 4) is 5.75 Å². The lowest BCUT2D eigenvalue weighted by Gasteiger charge is -2.51. The summed E-state index contributed by atoms with van der Waals surface area (Å²) in [6.07, 6.45) is 0.221. The van der Waals surface area contributed by atoms with E-state index in [4.69, 9.17) is 4.74 Å². The smallest absolute Gasteiger partial charge is 0.252 e. The molecular weight excluding hydrogens is 423 g/mol. The van der Waals surface area contributed by atoms with Gasteiger partial charge in [-0.15, -0.1) is 0 Å². The average Bonchev–Trinajstić information content (AvgIpc) is 2.74. The number of piperidine rings is 1. The largest absolute Gasteiger partial charge is 0.489 e. The van der Waals surface area contributed by atoms with Crippen molar-refractivity contribution in [2.24, 2.45) is 5.41 Å². The van der Waals surface area contributed by atoms with Gasteiger partial charge in [-0.2, -0.15) is 0 Å². The van der Waals surface area contributed by atoms with Crippen molar-refractivity contribution in [1.29, 1.82) is 0 Å². The van der Waals surface area contributed by atoms with Gasteiger partial charge in [0.2, 0.25) is 0 Å². The van der Waals surface area contributed by atoms with E-state index in [-0.39, 0.29) is 23.7 Å². The fourth-order valence-electron chi connectivity index (χ4n) is 4.04. The molecular formula is C22H27FN2O5S. The molecule has 1 aliphatic rings. The molecule has 2 atom stereocenters. The van der Waals surface area contributed by atoms with E-state index in [1.165, 1.54) is 24.3 Å². The van der Waals surface area contributed by atoms with Crippen LogP contribution in [0.15, 0.2) is 53.4 Å². The Labute approximate surface area is 181 Å². The van der Waals surface area contributed by atoms with Crippen LogP contribution in [-0.2, 0) is 21.2 Å². The standard InChI is InChI=1S/C22H27FN2O5S/c1-21(2)22(3,20(26)25-27)19(12-13-24-21)31(28,29)18-10-8-17(9-11-18)30-14-15-4-6-16(23)7-5-15/h4-11,19,24,27H,12-14H2,1-3H3,(H,25,26). The third-order valence-electron chi connectivity index (χ3n) is 6.33. The predicted octanol–water partition coefficient (Wildman–Crippen LogP) is 2.83. The summed E-state index contributed by atoms with van der Waals surface area (Å²) >= 11 is 0. The van der Waals surface area contributed by atoms with Crippen molar-refractivity contribution in [2.75, 3.05) is 6.54 Å². The molecule has 1 fully saturated rings. The SMILES string of the molecule is CC1(C)NCCC(S(=O)(=O)c2ccc(OCc3ccc(F)cc3)cc2)C1(C)C(=O)NO. The molecule has 9 heteroatoms. The first-order valence-electron chi connectivity index (χ1n) is 9.93. The van der Waals surface area contributed by atoms with Crippen molar-refractivity contribution < 1.29 is 27.5 Å². The first-order chi connectivity index (χ1) is 14.5. The second kappa shape index (κ2) is 8.57. The topological polar surface area (TPSA) is 105 Å². The minimum atomic E-state index is -3.89. The first kappa shape index (κ1) is 23.2. The number of hydrogen-bond donors (Lipinski definition) is 3. The molecule has 3 rings (SSSR count). The zero-order valence-corrected chi connectivity index (χ0v) is 18.5. The van der Waals surface area contributed by atoms with E-state index < -0.39 is 31.9 Å². The fourth-order valence-corrected chi connectivity index (χ4v) is 6.33. The Morgan fingerprint density at radius 2 is 1.77 bits per heavy atom. The number of sulfone groups is 1. The van der Waals surface area contributed by atoms with Crippen molar-refractivity contribution >= 4 is 15.7 Å². The van der Waals surface area contributed by atoms with Crippen LogP contribution in [0.25, 0.3) is 0 Å². The van der Waals surface area contributed by atoms with Crippen LogP contribution in [0.3, 0.4) is 0 Å². The molecule has 3 N–H and O–H groups in total. The lowest BCUT2D eigenvalue weighted by atomic mass is 9.66. The summed E-state index contributed by atoms with van der Waals surface area (Å²) in [5.41, 5.74) is 0.148. The number of nitrogens with one attached hydrogen (secondary N) is 2. The molecule has 1 heterocycles. The van der Waals surface area contributed by atoms with E-state index in [0.29, 0.717) is 12.3 Å². The van der Waals surface area contributed by atoms with Gasteiger partial charge in [0.25, 0.3) is 5.91 Å². The van der Waals surface area contributed by atoms with Gasteiger partial charge in [-0.05, 0) is 75.7 Å². The first-order valence-corrected chi connectivity index (χ1v) is 11.5. The van der Waals surface area contributed by atoms with Crippen LogP contribution in [0.4, 0.5) is 4.39 Å². The quantitative estimate of drug-likeness (QED) is 0.462. The maximum Gasteiger partial charge on any atom is 0.252 e. The van der Waals surface area contributed by atoms with Crippen molar-refractivity contribution in [1.82, 2.24) is 10.8 Å². The summed E-state index contributed by atoms with van der Waals surface area (Å²) in [7, 11) is -3.89. The molecule has 2 unspecified atom stereocenters. The van der Waals surface area contributed by atoms with E-state index in [9.17, 15) is 22.8 Å². The molecule has 1 aliphatic heterocycles. The van der Waals surface area contributed by atoms with Crippen LogP contribution in [0.1, 0.15) is 32.8 Å². The molecule has 7 nitrogen and oxygen atoms in total. The number of benzene rings is 2. The third kappa shape index (κ3) is 4.30. The normalized spacial score (nSPS) is 23.2. The molecule has 0 bridgehead atoms. The molecule has 0 spiro atoms. The molecule has 0 radical (unpaired) electrons. The van der Waals surface area contributed by atoms with Gasteiger partial charge >= 0.3 is 0 Å². The van der Waals surface area contributed by atoms with Gasteiger partial charge in [0.05, 0.1) is 15.6 Å². The number of carbonyl (C=O) groups excluding carboxylic acids is 1. The molecule has 2 aromatic carbocycles. The minimum Gasteiger partial charge on any atom is -0.489 e. The molecule has 2 aromatic rings. The molecule has 1 saturated heterocycles. The Morgan fingerprint density at radius 3 is 2.35 bits per heavy atom. The van der Waals surface area contributed by atoms with Crippen LogP contribution < -0.4 is 15.5 Å². The second-order valence-corrected chi connectivity index (χ2v) is 10.5. The average molecular weight is 451 g/mol. The maximum atomic E-state index is 13.5. The Bertz CT molecular complexity index is 1040. The van der Waals surface area contributed by atoms with Crippen LogP contribution in [0.5, 0.6) is 5.75 Å². The van der Waals surface area contributed by atoms with Crippen molar-refractivity contribution in [3.63, 3.8) is 0 Å². The number of amides is 1. The van der Waals surface area contributed by atoms with E-state index in [1.807, 2.05) is 0 Å². The Kier molecular flexibility index (Phi) is 6.40. The van der Waals surface area contributed by atoms with Gasteiger partial charge in [0.15, 0.2) is 9.84 Å². The Morgan fingerprint density at radius 1 is 1.16 bits per heavy atom. The van der Waals surface area contributed by atoms with Crippen LogP contribution in [0.2, 0.25) is 0 Å². The highest BCUT2D eigenvalue weighted by atomic mass is 32.2. The van der Waals surface area contributed by atoms with Gasteiger partial charge < -0.3 is 10.1 Å². The fraction of sp³-hybridized carbons (Fsp3) is 0.409. The highest BCUT2D eigenvalue weighted by molar-refractivity contribution is 7.92. The minimum absolute atomic E-state index is 0.0706. The van der Waals surface area contributed by atoms with Gasteiger partial charge in [-0.3, -0.25) is 10.0 Å². The van der Waals surface area contributed by atoms with Crippen LogP contribution >= 0.6 is 0 Å². The molecule has 1 amide bonds. The number of hydrogen-bond acceptors (Lipinski definition) is 6. The lowest BCUT2D eigenvalue weighted by Crippen LogP contribution is -2.69. The summed E-state index contributed by atoms with van der Waals surface area (Å²) in [6, 6.07) is 11.9. The summed E-state index contributed by atoms with van der Waals surface area (Å²) < 4.78 is 45.6. The molecule has 0 aliphatic carbocycles. The monoisotopic (exact) mass is 450 g/mol. The summed E-state index contributed by atoms with van der Waals surface area (Å²) in [5.74, 6) is -0.622. The zero-order valence-electron chi connectivity index (χ0n) is 17.7. The third-order valence-corrected chi connectivity index (χ3v) is 8.72. The number of rotatable bonds is 6. The summed E-state index contributed by atoms with van der Waals surface area (Å²) in [4.78, 5) is 12.6. The predicted molar refractivity (Wildman–Crippen MR) is 113 cm³/mol. The van der Waals surface area contributed by atoms with Crippen molar-refractivity contribution in [2.45, 2.75) is 49.5 Å². The number of halogens is 1. The molecule has 31 heavy (non-hydrogen) atoms.